The topological polar surface area (TPSA) is 52.6 Å². The molecule has 0 aromatic heterocycles. The van der Waals surface area contributed by atoms with E-state index in [0.717, 1.165) is 19.4 Å². The number of rotatable bonds is 5. The number of nitrogens with one attached hydrogen (secondary N) is 1. The van der Waals surface area contributed by atoms with Gasteiger partial charge in [0.05, 0.1) is 0 Å². The van der Waals surface area contributed by atoms with Crippen LogP contribution in [-0.2, 0) is 4.79 Å². The third kappa shape index (κ3) is 2.74. The Morgan fingerprint density at radius 1 is 1.56 bits per heavy atom. The van der Waals surface area contributed by atoms with Gasteiger partial charge in [-0.15, -0.1) is 0 Å². The van der Waals surface area contributed by atoms with Crippen molar-refractivity contribution in [1.29, 1.82) is 0 Å². The molecule has 16 heavy (non-hydrogen) atoms. The lowest BCUT2D eigenvalue weighted by Crippen LogP contribution is -2.59. The molecule has 1 unspecified atom stereocenters. The van der Waals surface area contributed by atoms with E-state index in [1.807, 2.05) is 6.92 Å². The highest BCUT2D eigenvalue weighted by Crippen LogP contribution is 2.29. The number of likely N-dealkylation sites (tertiary alicyclic amines) is 1. The summed E-state index contributed by atoms with van der Waals surface area (Å²) in [6, 6.07) is 0. The normalized spacial score (nSPS) is 24.2. The minimum atomic E-state index is -0.837. The van der Waals surface area contributed by atoms with Crippen molar-refractivity contribution in [3.05, 3.63) is 0 Å². The molecule has 1 fully saturated rings. The molecule has 0 bridgehead atoms. The predicted octanol–water partition coefficient (Wildman–Crippen LogP) is 1.31. The van der Waals surface area contributed by atoms with Crippen molar-refractivity contribution in [3.8, 4) is 0 Å². The molecule has 0 aromatic rings. The Balaban J connectivity index is 2.72. The number of carboxylic acid groups (broad SMARTS) is 1. The summed E-state index contributed by atoms with van der Waals surface area (Å²) in [4.78, 5) is 13.6. The van der Waals surface area contributed by atoms with Crippen LogP contribution in [0.4, 0.5) is 0 Å². The Bertz CT molecular complexity index is 266. The summed E-state index contributed by atoms with van der Waals surface area (Å²) >= 11 is 0. The molecule has 94 valence electrons. The largest absolute Gasteiger partial charge is 0.480 e. The zero-order chi connectivity index (χ0) is 12.4. The van der Waals surface area contributed by atoms with E-state index in [0.29, 0.717) is 13.1 Å². The van der Waals surface area contributed by atoms with E-state index in [4.69, 9.17) is 0 Å². The Morgan fingerprint density at radius 2 is 2.19 bits per heavy atom. The molecule has 1 aliphatic heterocycles. The Hall–Kier alpha value is -0.610. The summed E-state index contributed by atoms with van der Waals surface area (Å²) < 4.78 is 0. The van der Waals surface area contributed by atoms with Crippen molar-refractivity contribution in [2.24, 2.45) is 0 Å². The monoisotopic (exact) mass is 228 g/mol. The highest BCUT2D eigenvalue weighted by molar-refractivity contribution is 5.78. The molecule has 1 aliphatic rings. The smallest absolute Gasteiger partial charge is 0.324 e. The number of likely N-dealkylation sites (N-methyl/N-ethyl adjacent to an activating group) is 1. The molecule has 1 atom stereocenters. The summed E-state index contributed by atoms with van der Waals surface area (Å²) in [5, 5.41) is 12.4. The lowest BCUT2D eigenvalue weighted by atomic mass is 9.97. The molecule has 0 aliphatic carbocycles. The van der Waals surface area contributed by atoms with Gasteiger partial charge in [0, 0.05) is 12.1 Å². The van der Waals surface area contributed by atoms with Gasteiger partial charge in [-0.2, -0.15) is 0 Å². The zero-order valence-corrected chi connectivity index (χ0v) is 10.8. The van der Waals surface area contributed by atoms with E-state index >= 15 is 0 Å². The molecule has 0 aromatic carbocycles. The number of hydrogen-bond donors (Lipinski definition) is 2. The minimum Gasteiger partial charge on any atom is -0.480 e. The van der Waals surface area contributed by atoms with Crippen LogP contribution in [0.1, 0.15) is 40.5 Å². The number of nitrogens with zero attached hydrogens (tertiary/aromatic N) is 1. The van der Waals surface area contributed by atoms with E-state index in [1.165, 1.54) is 0 Å². The van der Waals surface area contributed by atoms with Crippen molar-refractivity contribution < 1.29 is 9.90 Å². The fourth-order valence-corrected chi connectivity index (χ4v) is 2.43. The summed E-state index contributed by atoms with van der Waals surface area (Å²) in [5.41, 5.74) is -0.706. The molecule has 0 spiro atoms. The van der Waals surface area contributed by atoms with Crippen molar-refractivity contribution in [1.82, 2.24) is 10.2 Å². The second-order valence-electron chi connectivity index (χ2n) is 5.51. The number of carbonyl (C=O) groups is 1. The third-order valence-corrected chi connectivity index (χ3v) is 3.62. The second kappa shape index (κ2) is 4.72. The lowest BCUT2D eigenvalue weighted by Gasteiger charge is -2.38. The van der Waals surface area contributed by atoms with Gasteiger partial charge in [0.25, 0.3) is 0 Å². The van der Waals surface area contributed by atoms with Gasteiger partial charge < -0.3 is 10.4 Å². The maximum Gasteiger partial charge on any atom is 0.324 e. The van der Waals surface area contributed by atoms with E-state index in [1.54, 1.807) is 6.92 Å². The SMILES string of the molecule is CCNC(C)(CN1CCCC1(C)C)C(=O)O. The van der Waals surface area contributed by atoms with Crippen LogP contribution >= 0.6 is 0 Å². The van der Waals surface area contributed by atoms with Crippen LogP contribution in [0, 0.1) is 0 Å². The van der Waals surface area contributed by atoms with Crippen LogP contribution in [-0.4, -0.2) is 46.7 Å². The summed E-state index contributed by atoms with van der Waals surface area (Å²) in [5.74, 6) is -0.767. The predicted molar refractivity (Wildman–Crippen MR) is 64.6 cm³/mol. The van der Waals surface area contributed by atoms with Crippen LogP contribution in [0.15, 0.2) is 0 Å². The van der Waals surface area contributed by atoms with Gasteiger partial charge in [0.15, 0.2) is 0 Å². The standard InChI is InChI=1S/C12H24N2O2/c1-5-13-12(4,10(15)16)9-14-8-6-7-11(14,2)3/h13H,5-9H2,1-4H3,(H,15,16). The van der Waals surface area contributed by atoms with Crippen LogP contribution in [0.2, 0.25) is 0 Å². The maximum absolute atomic E-state index is 11.3. The fraction of sp³-hybridized carbons (Fsp3) is 0.917. The van der Waals surface area contributed by atoms with Gasteiger partial charge in [0.1, 0.15) is 5.54 Å². The number of hydrogen-bond acceptors (Lipinski definition) is 3. The molecule has 0 radical (unpaired) electrons. The molecule has 1 saturated heterocycles. The summed E-state index contributed by atoms with van der Waals surface area (Å²) in [6.45, 7) is 10.3. The first-order valence-corrected chi connectivity index (χ1v) is 6.05. The maximum atomic E-state index is 11.3. The summed E-state index contributed by atoms with van der Waals surface area (Å²) in [7, 11) is 0. The van der Waals surface area contributed by atoms with Gasteiger partial charge in [-0.1, -0.05) is 6.92 Å². The number of carboxylic acids is 1. The average Bonchev–Trinajstić information content (AvgIpc) is 2.46. The van der Waals surface area contributed by atoms with E-state index < -0.39 is 11.5 Å². The van der Waals surface area contributed by atoms with Crippen LogP contribution in [0.25, 0.3) is 0 Å². The van der Waals surface area contributed by atoms with Crippen LogP contribution in [0.5, 0.6) is 0 Å². The summed E-state index contributed by atoms with van der Waals surface area (Å²) in [6.07, 6.45) is 2.31. The zero-order valence-electron chi connectivity index (χ0n) is 10.8. The third-order valence-electron chi connectivity index (χ3n) is 3.62. The van der Waals surface area contributed by atoms with Crippen molar-refractivity contribution >= 4 is 5.97 Å². The molecule has 1 heterocycles. The molecular formula is C12H24N2O2. The van der Waals surface area contributed by atoms with E-state index in [-0.39, 0.29) is 5.54 Å². The van der Waals surface area contributed by atoms with Crippen LogP contribution in [0.3, 0.4) is 0 Å². The Kier molecular flexibility index (Phi) is 3.97. The average molecular weight is 228 g/mol. The van der Waals surface area contributed by atoms with Gasteiger partial charge >= 0.3 is 5.97 Å². The van der Waals surface area contributed by atoms with Crippen LogP contribution < -0.4 is 5.32 Å². The first-order valence-electron chi connectivity index (χ1n) is 6.05. The second-order valence-corrected chi connectivity index (χ2v) is 5.51. The van der Waals surface area contributed by atoms with Crippen molar-refractivity contribution in [2.75, 3.05) is 19.6 Å². The molecule has 4 nitrogen and oxygen atoms in total. The molecule has 0 saturated carbocycles. The Morgan fingerprint density at radius 3 is 2.56 bits per heavy atom. The first kappa shape index (κ1) is 13.5. The van der Waals surface area contributed by atoms with E-state index in [2.05, 4.69) is 24.1 Å². The number of aliphatic carboxylic acids is 1. The van der Waals surface area contributed by atoms with Crippen molar-refractivity contribution in [2.45, 2.75) is 51.6 Å². The fourth-order valence-electron chi connectivity index (χ4n) is 2.43. The molecule has 2 N–H and O–H groups in total. The van der Waals surface area contributed by atoms with Gasteiger partial charge in [-0.05, 0) is 46.7 Å². The molecule has 4 heteroatoms. The molecule has 0 amide bonds. The quantitative estimate of drug-likeness (QED) is 0.745. The van der Waals surface area contributed by atoms with Gasteiger partial charge in [-0.3, -0.25) is 9.69 Å². The van der Waals surface area contributed by atoms with Crippen molar-refractivity contribution in [3.63, 3.8) is 0 Å². The lowest BCUT2D eigenvalue weighted by molar-refractivity contribution is -0.145. The van der Waals surface area contributed by atoms with Gasteiger partial charge in [0.2, 0.25) is 0 Å². The highest BCUT2D eigenvalue weighted by atomic mass is 16.4. The molecule has 1 rings (SSSR count). The highest BCUT2D eigenvalue weighted by Gasteiger charge is 2.40. The van der Waals surface area contributed by atoms with Gasteiger partial charge in [-0.25, -0.2) is 0 Å². The first-order chi connectivity index (χ1) is 7.32. The molecular weight excluding hydrogens is 204 g/mol. The minimum absolute atomic E-state index is 0.131. The van der Waals surface area contributed by atoms with E-state index in [9.17, 15) is 9.90 Å². The Labute approximate surface area is 98.0 Å².